The van der Waals surface area contributed by atoms with Gasteiger partial charge in [-0.05, 0) is 13.8 Å². The van der Waals surface area contributed by atoms with Crippen LogP contribution < -0.4 is 0 Å². The van der Waals surface area contributed by atoms with Crippen molar-refractivity contribution in [2.24, 2.45) is 0 Å². The number of carbonyl (C=O) groups excluding carboxylic acids is 1. The summed E-state index contributed by atoms with van der Waals surface area (Å²) in [4.78, 5) is 10.5. The molecule has 0 aromatic heterocycles. The van der Waals surface area contributed by atoms with Crippen LogP contribution in [0.1, 0.15) is 13.8 Å². The zero-order valence-electron chi connectivity index (χ0n) is 6.68. The van der Waals surface area contributed by atoms with Crippen LogP contribution in [0.15, 0.2) is 12.2 Å². The second-order valence-electron chi connectivity index (χ2n) is 2.12. The van der Waals surface area contributed by atoms with Gasteiger partial charge in [-0.3, -0.25) is 0 Å². The molecule has 0 bridgehead atoms. The molecule has 0 amide bonds. The SMILES string of the molecule is C/C=C/C(=O)OC(C)C(F)(F)F. The van der Waals surface area contributed by atoms with Gasteiger partial charge in [0.2, 0.25) is 0 Å². The molecule has 0 aromatic carbocycles. The van der Waals surface area contributed by atoms with Gasteiger partial charge in [-0.2, -0.15) is 13.2 Å². The Kier molecular flexibility index (Phi) is 3.79. The van der Waals surface area contributed by atoms with Crippen molar-refractivity contribution in [3.63, 3.8) is 0 Å². The Hall–Kier alpha value is -1.00. The van der Waals surface area contributed by atoms with E-state index in [1.54, 1.807) is 0 Å². The van der Waals surface area contributed by atoms with E-state index in [0.717, 1.165) is 13.0 Å². The smallest absolute Gasteiger partial charge is 0.425 e. The predicted molar refractivity (Wildman–Crippen MR) is 36.4 cm³/mol. The quantitative estimate of drug-likeness (QED) is 0.482. The van der Waals surface area contributed by atoms with Gasteiger partial charge in [0.1, 0.15) is 0 Å². The number of esters is 1. The number of rotatable bonds is 2. The molecule has 0 radical (unpaired) electrons. The minimum Gasteiger partial charge on any atom is -0.450 e. The van der Waals surface area contributed by atoms with Crippen LogP contribution in [0.2, 0.25) is 0 Å². The number of hydrogen-bond acceptors (Lipinski definition) is 2. The molecule has 0 spiro atoms. The van der Waals surface area contributed by atoms with Crippen molar-refractivity contribution in [3.8, 4) is 0 Å². The summed E-state index contributed by atoms with van der Waals surface area (Å²) in [6.45, 7) is 2.29. The Morgan fingerprint density at radius 1 is 1.50 bits per heavy atom. The lowest BCUT2D eigenvalue weighted by Crippen LogP contribution is -2.30. The highest BCUT2D eigenvalue weighted by Gasteiger charge is 2.38. The number of ether oxygens (including phenoxy) is 1. The first-order valence-electron chi connectivity index (χ1n) is 3.28. The molecule has 2 nitrogen and oxygen atoms in total. The largest absolute Gasteiger partial charge is 0.450 e. The van der Waals surface area contributed by atoms with Gasteiger partial charge in [0.25, 0.3) is 0 Å². The average molecular weight is 182 g/mol. The van der Waals surface area contributed by atoms with Crippen LogP contribution in [0.5, 0.6) is 0 Å². The fourth-order valence-corrected chi connectivity index (χ4v) is 0.416. The lowest BCUT2D eigenvalue weighted by molar-refractivity contribution is -0.213. The third-order valence-corrected chi connectivity index (χ3v) is 1.06. The Bertz CT molecular complexity index is 184. The molecule has 0 aliphatic carbocycles. The third-order valence-electron chi connectivity index (χ3n) is 1.06. The van der Waals surface area contributed by atoms with Crippen LogP contribution >= 0.6 is 0 Å². The van der Waals surface area contributed by atoms with E-state index in [0.29, 0.717) is 0 Å². The minimum atomic E-state index is -4.49. The van der Waals surface area contributed by atoms with Crippen LogP contribution in [0.3, 0.4) is 0 Å². The Morgan fingerprint density at radius 2 is 2.00 bits per heavy atom. The summed E-state index contributed by atoms with van der Waals surface area (Å²) in [6, 6.07) is 0. The van der Waals surface area contributed by atoms with Crippen LogP contribution in [0.4, 0.5) is 13.2 Å². The van der Waals surface area contributed by atoms with Crippen LogP contribution in [0, 0.1) is 0 Å². The molecule has 0 saturated heterocycles. The minimum absolute atomic E-state index is 0.779. The monoisotopic (exact) mass is 182 g/mol. The predicted octanol–water partition coefficient (Wildman–Crippen LogP) is 2.06. The highest BCUT2D eigenvalue weighted by molar-refractivity contribution is 5.81. The van der Waals surface area contributed by atoms with Crippen molar-refractivity contribution in [2.75, 3.05) is 0 Å². The van der Waals surface area contributed by atoms with E-state index < -0.39 is 18.2 Å². The normalized spacial score (nSPS) is 14.8. The first kappa shape index (κ1) is 11.0. The van der Waals surface area contributed by atoms with Gasteiger partial charge >= 0.3 is 12.1 Å². The second-order valence-corrected chi connectivity index (χ2v) is 2.12. The van der Waals surface area contributed by atoms with Crippen molar-refractivity contribution in [1.82, 2.24) is 0 Å². The number of halogens is 3. The Morgan fingerprint density at radius 3 is 2.33 bits per heavy atom. The molecule has 12 heavy (non-hydrogen) atoms. The van der Waals surface area contributed by atoms with Gasteiger partial charge in [-0.25, -0.2) is 4.79 Å². The maximum atomic E-state index is 11.7. The lowest BCUT2D eigenvalue weighted by atomic mass is 10.4. The zero-order valence-corrected chi connectivity index (χ0v) is 6.68. The van der Waals surface area contributed by atoms with Gasteiger partial charge in [-0.1, -0.05) is 6.08 Å². The van der Waals surface area contributed by atoms with Crippen LogP contribution in [0.25, 0.3) is 0 Å². The van der Waals surface area contributed by atoms with Crippen molar-refractivity contribution < 1.29 is 22.7 Å². The van der Waals surface area contributed by atoms with Crippen molar-refractivity contribution in [2.45, 2.75) is 26.1 Å². The van der Waals surface area contributed by atoms with Crippen molar-refractivity contribution in [1.29, 1.82) is 0 Å². The van der Waals surface area contributed by atoms with Gasteiger partial charge in [0.15, 0.2) is 6.10 Å². The molecule has 5 heteroatoms. The molecular weight excluding hydrogens is 173 g/mol. The number of hydrogen-bond donors (Lipinski definition) is 0. The fraction of sp³-hybridized carbons (Fsp3) is 0.571. The topological polar surface area (TPSA) is 26.3 Å². The molecule has 0 rings (SSSR count). The van der Waals surface area contributed by atoms with E-state index in [1.165, 1.54) is 13.0 Å². The summed E-state index contributed by atoms with van der Waals surface area (Å²) >= 11 is 0. The zero-order chi connectivity index (χ0) is 9.78. The lowest BCUT2D eigenvalue weighted by Gasteiger charge is -2.14. The molecule has 0 N–H and O–H groups in total. The van der Waals surface area contributed by atoms with Gasteiger partial charge in [-0.15, -0.1) is 0 Å². The molecule has 0 aliphatic rings. The molecule has 0 heterocycles. The second kappa shape index (κ2) is 4.13. The summed E-state index contributed by atoms with van der Waals surface area (Å²) in [6.07, 6.45) is -4.30. The molecule has 0 aliphatic heterocycles. The first-order valence-corrected chi connectivity index (χ1v) is 3.28. The highest BCUT2D eigenvalue weighted by Crippen LogP contribution is 2.22. The maximum absolute atomic E-state index is 11.7. The number of carbonyl (C=O) groups is 1. The van der Waals surface area contributed by atoms with Gasteiger partial charge < -0.3 is 4.74 Å². The molecule has 1 unspecified atom stereocenters. The van der Waals surface area contributed by atoms with Gasteiger partial charge in [0, 0.05) is 6.08 Å². The van der Waals surface area contributed by atoms with E-state index >= 15 is 0 Å². The van der Waals surface area contributed by atoms with Crippen LogP contribution in [-0.2, 0) is 9.53 Å². The Balaban J connectivity index is 4.01. The average Bonchev–Trinajstić information content (AvgIpc) is 1.85. The van der Waals surface area contributed by atoms with E-state index in [-0.39, 0.29) is 0 Å². The molecule has 0 aromatic rings. The summed E-state index contributed by atoms with van der Waals surface area (Å²) in [5.41, 5.74) is 0. The fourth-order valence-electron chi connectivity index (χ4n) is 0.416. The maximum Gasteiger partial charge on any atom is 0.425 e. The summed E-state index contributed by atoms with van der Waals surface area (Å²) in [7, 11) is 0. The summed E-state index contributed by atoms with van der Waals surface area (Å²) in [5, 5.41) is 0. The standard InChI is InChI=1S/C7H9F3O2/c1-3-4-6(11)12-5(2)7(8,9)10/h3-5H,1-2H3/b4-3+. The first-order chi connectivity index (χ1) is 5.38. The highest BCUT2D eigenvalue weighted by atomic mass is 19.4. The Labute approximate surface area is 68.0 Å². The summed E-state index contributed by atoms with van der Waals surface area (Å²) < 4.78 is 39.2. The van der Waals surface area contributed by atoms with E-state index in [9.17, 15) is 18.0 Å². The van der Waals surface area contributed by atoms with Crippen LogP contribution in [-0.4, -0.2) is 18.2 Å². The van der Waals surface area contributed by atoms with Crippen molar-refractivity contribution >= 4 is 5.97 Å². The number of allylic oxidation sites excluding steroid dienone is 1. The van der Waals surface area contributed by atoms with Crippen molar-refractivity contribution in [3.05, 3.63) is 12.2 Å². The third kappa shape index (κ3) is 4.00. The number of alkyl halides is 3. The van der Waals surface area contributed by atoms with E-state index in [1.807, 2.05) is 0 Å². The van der Waals surface area contributed by atoms with Gasteiger partial charge in [0.05, 0.1) is 0 Å². The van der Waals surface area contributed by atoms with E-state index in [2.05, 4.69) is 4.74 Å². The molecule has 70 valence electrons. The molecule has 1 atom stereocenters. The molecule has 0 saturated carbocycles. The molecule has 0 fully saturated rings. The van der Waals surface area contributed by atoms with E-state index in [4.69, 9.17) is 0 Å². The molecular formula is C7H9F3O2. The summed E-state index contributed by atoms with van der Waals surface area (Å²) in [5.74, 6) is -0.984.